The second-order valence-corrected chi connectivity index (χ2v) is 18.2. The van der Waals surface area contributed by atoms with Gasteiger partial charge in [0.25, 0.3) is 5.91 Å². The van der Waals surface area contributed by atoms with Crippen LogP contribution in [0.15, 0.2) is 36.5 Å². The molecule has 0 spiro atoms. The van der Waals surface area contributed by atoms with Gasteiger partial charge in [0, 0.05) is 34.6 Å². The van der Waals surface area contributed by atoms with Crippen molar-refractivity contribution in [1.29, 1.82) is 0 Å². The van der Waals surface area contributed by atoms with E-state index in [1.807, 2.05) is 24.3 Å². The summed E-state index contributed by atoms with van der Waals surface area (Å²) in [5.41, 5.74) is 2.86. The molecule has 1 aromatic carbocycles. The van der Waals surface area contributed by atoms with Crippen LogP contribution < -0.4 is 30.0 Å². The zero-order chi connectivity index (χ0) is 40.3. The number of primary amides is 1. The highest BCUT2D eigenvalue weighted by Crippen LogP contribution is 2.46. The number of fused-ring (bicyclic) bond motifs is 3. The molecule has 2 aliphatic heterocycles. The van der Waals surface area contributed by atoms with Crippen LogP contribution >= 0.6 is 0 Å². The molecule has 0 bridgehead atoms. The molecule has 0 radical (unpaired) electrons. The maximum atomic E-state index is 14.1. The Morgan fingerprint density at radius 1 is 1.05 bits per heavy atom. The number of pyridine rings is 1. The van der Waals surface area contributed by atoms with Gasteiger partial charge in [0.2, 0.25) is 27.7 Å². The van der Waals surface area contributed by atoms with Gasteiger partial charge in [-0.3, -0.25) is 19.1 Å². The lowest BCUT2D eigenvalue weighted by Crippen LogP contribution is -2.56. The van der Waals surface area contributed by atoms with Crippen LogP contribution in [0.5, 0.6) is 17.4 Å². The Bertz CT molecular complexity index is 1930. The Hall–Kier alpha value is -4.60. The number of carbonyl (C=O) groups is 4. The topological polar surface area (TPSA) is 206 Å². The predicted molar refractivity (Wildman–Crippen MR) is 211 cm³/mol. The Kier molecular flexibility index (Phi) is 12.6. The number of aromatic nitrogens is 1. The Balaban J connectivity index is 0.000000957. The van der Waals surface area contributed by atoms with E-state index in [2.05, 4.69) is 33.6 Å². The minimum Gasteiger partial charge on any atom is -0.493 e. The highest BCUT2D eigenvalue weighted by Gasteiger charge is 2.62. The maximum Gasteiger partial charge on any atom is 0.405 e. The quantitative estimate of drug-likeness (QED) is 0.315. The molecule has 3 fully saturated rings. The largest absolute Gasteiger partial charge is 0.493 e. The smallest absolute Gasteiger partial charge is 0.405 e. The normalized spacial score (nSPS) is 27.8. The molecule has 0 unspecified atom stereocenters. The third-order valence-corrected chi connectivity index (χ3v) is 12.1. The van der Waals surface area contributed by atoms with Crippen molar-refractivity contribution in [3.05, 3.63) is 36.5 Å². The number of hydrogen-bond acceptors (Lipinski definition) is 11. The molecular weight excluding hydrogens is 731 g/mol. The van der Waals surface area contributed by atoms with Gasteiger partial charge < -0.3 is 34.9 Å². The third-order valence-electron chi connectivity index (χ3n) is 10.3. The van der Waals surface area contributed by atoms with E-state index in [9.17, 15) is 27.6 Å². The molecule has 4 aliphatic rings. The molecule has 4 N–H and O–H groups in total. The molecule has 6 rings (SSSR count). The van der Waals surface area contributed by atoms with E-state index in [1.54, 1.807) is 52.2 Å². The fourth-order valence-corrected chi connectivity index (χ4v) is 8.71. The van der Waals surface area contributed by atoms with E-state index >= 15 is 0 Å². The summed E-state index contributed by atoms with van der Waals surface area (Å²) in [7, 11) is -0.719. The van der Waals surface area contributed by atoms with Gasteiger partial charge in [-0.15, -0.1) is 0 Å². The number of nitrogens with one attached hydrogen (secondary N) is 2. The number of sulfonamides is 1. The Labute approximate surface area is 327 Å². The van der Waals surface area contributed by atoms with Gasteiger partial charge in [0.1, 0.15) is 23.3 Å². The van der Waals surface area contributed by atoms with Crippen LogP contribution in [0.2, 0.25) is 0 Å². The van der Waals surface area contributed by atoms with Gasteiger partial charge in [-0.2, -0.15) is 0 Å². The Morgan fingerprint density at radius 3 is 2.36 bits per heavy atom. The number of ether oxygens (including phenoxy) is 4. The zero-order valence-electron chi connectivity index (χ0n) is 32.8. The molecule has 2 aromatic rings. The second-order valence-electron chi connectivity index (χ2n) is 16.2. The van der Waals surface area contributed by atoms with E-state index in [0.717, 1.165) is 24.6 Å². The predicted octanol–water partition coefficient (Wildman–Crippen LogP) is 5.10. The van der Waals surface area contributed by atoms with Crippen LogP contribution in [0.4, 0.5) is 4.79 Å². The lowest BCUT2D eigenvalue weighted by molar-refractivity contribution is -0.140. The maximum absolute atomic E-state index is 14.1. The molecule has 2 aliphatic carbocycles. The third kappa shape index (κ3) is 10.4. The summed E-state index contributed by atoms with van der Waals surface area (Å²) < 4.78 is 49.6. The SMILES string of the molecule is CC(C)(C)OC(N)=O.COc1cc2ccnc(O[C@@H]3C[C@H]4C(=O)N[C@]5(C(=O)NS(=O)(=O)C6CC6)C[C@H]5/C=C\CC[C@@H](C)C[C@@H](C)CC(=O)N4C3)c2cc1OC.[HH].[HH].[HH]. The van der Waals surface area contributed by atoms with Crippen LogP contribution in [-0.2, 0) is 29.1 Å². The van der Waals surface area contributed by atoms with Crippen molar-refractivity contribution in [3.8, 4) is 17.4 Å². The summed E-state index contributed by atoms with van der Waals surface area (Å²) in [4.78, 5) is 57.5. The van der Waals surface area contributed by atoms with Crippen LogP contribution in [0.25, 0.3) is 10.8 Å². The first-order valence-electron chi connectivity index (χ1n) is 18.9. The van der Waals surface area contributed by atoms with Gasteiger partial charge in [0.05, 0.1) is 26.0 Å². The van der Waals surface area contributed by atoms with Crippen molar-refractivity contribution in [2.24, 2.45) is 23.5 Å². The van der Waals surface area contributed by atoms with Crippen molar-refractivity contribution in [2.75, 3.05) is 20.8 Å². The van der Waals surface area contributed by atoms with Crippen LogP contribution in [-0.4, -0.2) is 91.4 Å². The number of nitrogens with zero attached hydrogens (tertiary/aromatic N) is 2. The molecular formula is C39H61N5O10S. The van der Waals surface area contributed by atoms with Crippen LogP contribution in [0.3, 0.4) is 0 Å². The fourth-order valence-electron chi connectivity index (χ4n) is 7.34. The fraction of sp³-hybridized carbons (Fsp3) is 0.615. The molecule has 16 heteroatoms. The van der Waals surface area contributed by atoms with Crippen LogP contribution in [0.1, 0.15) is 90.3 Å². The van der Waals surface area contributed by atoms with Crippen molar-refractivity contribution < 1.29 is 50.8 Å². The second kappa shape index (κ2) is 16.6. The number of benzene rings is 1. The number of amides is 4. The van der Waals surface area contributed by atoms with E-state index in [0.29, 0.717) is 41.5 Å². The summed E-state index contributed by atoms with van der Waals surface area (Å²) in [6.07, 6.45) is 8.57. The average Bonchev–Trinajstić information content (AvgIpc) is 4.02. The first kappa shape index (κ1) is 41.6. The first-order valence-corrected chi connectivity index (χ1v) is 20.4. The standard InChI is InChI=1S/C34H44N4O8S.C5H11NO2.3H2/c1-20-7-5-6-8-23-18-34(23,33(41)37-47(42,43)25-9-10-25)36-31(40)27-16-24(19-38(27)30(39)14-21(2)13-20)46-32-26-17-29(45-4)28(44-3)15-22(26)11-12-35-32;1-5(2,3)8-4(6)7;;;/h6,8,11-12,15,17,20-21,23-25,27H,5,7,9-10,13-14,16,18-19H2,1-4H3,(H,36,40)(H,37,41);1-3H3,(H2,6,7);3*1H/b8-6-;;;;/t20-,21-,23-,24-,27+,34-;;;;/m1..../s1. The highest BCUT2D eigenvalue weighted by molar-refractivity contribution is 7.91. The molecule has 3 heterocycles. The number of methoxy groups -OCH3 is 2. The summed E-state index contributed by atoms with van der Waals surface area (Å²) >= 11 is 0. The Morgan fingerprint density at radius 2 is 1.75 bits per heavy atom. The molecule has 1 saturated heterocycles. The molecule has 308 valence electrons. The van der Waals surface area contributed by atoms with Crippen molar-refractivity contribution in [2.45, 2.75) is 115 Å². The number of nitrogens with two attached hydrogens (primary N) is 1. The summed E-state index contributed by atoms with van der Waals surface area (Å²) in [5.74, 6) is 0.130. The van der Waals surface area contributed by atoms with Gasteiger partial charge in [-0.1, -0.05) is 26.0 Å². The number of rotatable bonds is 7. The van der Waals surface area contributed by atoms with Crippen molar-refractivity contribution >= 4 is 44.6 Å². The summed E-state index contributed by atoms with van der Waals surface area (Å²) in [6.45, 7) is 9.66. The monoisotopic (exact) mass is 791 g/mol. The van der Waals surface area contributed by atoms with E-state index in [1.165, 1.54) is 0 Å². The highest BCUT2D eigenvalue weighted by atomic mass is 32.2. The van der Waals surface area contributed by atoms with Gasteiger partial charge in [-0.25, -0.2) is 18.2 Å². The molecule has 4 amide bonds. The summed E-state index contributed by atoms with van der Waals surface area (Å²) in [5, 5.41) is 3.84. The number of allylic oxidation sites excluding steroid dienone is 1. The van der Waals surface area contributed by atoms with Crippen molar-refractivity contribution in [3.63, 3.8) is 0 Å². The molecule has 6 atom stereocenters. The first-order chi connectivity index (χ1) is 25.9. The van der Waals surface area contributed by atoms with E-state index in [-0.39, 0.29) is 47.8 Å². The van der Waals surface area contributed by atoms with Crippen LogP contribution in [0, 0.1) is 17.8 Å². The van der Waals surface area contributed by atoms with Crippen molar-refractivity contribution in [1.82, 2.24) is 19.9 Å². The van der Waals surface area contributed by atoms with Gasteiger partial charge in [-0.05, 0) is 94.7 Å². The van der Waals surface area contributed by atoms with E-state index in [4.69, 9.17) is 19.9 Å². The number of carbonyl (C=O) groups excluding carboxylic acids is 4. The minimum atomic E-state index is -3.82. The average molecular weight is 792 g/mol. The summed E-state index contributed by atoms with van der Waals surface area (Å²) in [6, 6.07) is 4.53. The molecule has 55 heavy (non-hydrogen) atoms. The number of hydrogen-bond donors (Lipinski definition) is 3. The van der Waals surface area contributed by atoms with Gasteiger partial charge >= 0.3 is 6.09 Å². The zero-order valence-corrected chi connectivity index (χ0v) is 33.6. The lowest BCUT2D eigenvalue weighted by Gasteiger charge is -2.27. The molecule has 2 saturated carbocycles. The lowest BCUT2D eigenvalue weighted by atomic mass is 9.91. The molecule has 1 aromatic heterocycles. The molecule has 15 nitrogen and oxygen atoms in total. The van der Waals surface area contributed by atoms with E-state index < -0.39 is 56.5 Å². The minimum absolute atomic E-state index is 0. The van der Waals surface area contributed by atoms with Gasteiger partial charge in [0.15, 0.2) is 11.5 Å².